The second-order valence-corrected chi connectivity index (χ2v) is 6.51. The summed E-state index contributed by atoms with van der Waals surface area (Å²) in [6.45, 7) is -3.02. The molecule has 34 heavy (non-hydrogen) atoms. The Balaban J connectivity index is 3.57. The van der Waals surface area contributed by atoms with Gasteiger partial charge in [-0.05, 0) is 5.56 Å². The first-order chi connectivity index (χ1) is 14.9. The van der Waals surface area contributed by atoms with Crippen LogP contribution in [-0.4, -0.2) is 54.2 Å². The fourth-order valence-corrected chi connectivity index (χ4v) is 2.30. The molecule has 194 valence electrons. The number of carboxylic acids is 1. The Morgan fingerprint density at radius 2 is 1.12 bits per heavy atom. The summed E-state index contributed by atoms with van der Waals surface area (Å²) in [5, 5.41) is 10.4. The number of alkyl halides is 14. The molecule has 0 heterocycles. The van der Waals surface area contributed by atoms with Gasteiger partial charge in [-0.15, -0.1) is 0 Å². The van der Waals surface area contributed by atoms with Gasteiger partial charge < -0.3 is 15.2 Å². The van der Waals surface area contributed by atoms with Gasteiger partial charge >= 0.3 is 35.8 Å². The van der Waals surface area contributed by atoms with Crippen LogP contribution >= 0.6 is 0 Å². The molecule has 0 aliphatic carbocycles. The van der Waals surface area contributed by atoms with E-state index in [1.807, 2.05) is 0 Å². The minimum Gasteiger partial charge on any atom is -0.544 e. The third-order valence-electron chi connectivity index (χ3n) is 4.30. The van der Waals surface area contributed by atoms with E-state index < -0.39 is 65.4 Å². The zero-order valence-corrected chi connectivity index (χ0v) is 15.6. The summed E-state index contributed by atoms with van der Waals surface area (Å²) in [6.07, 6.45) is -7.12. The summed E-state index contributed by atoms with van der Waals surface area (Å²) >= 11 is 0. The molecule has 0 bridgehead atoms. The number of aliphatic carboxylic acids is 1. The van der Waals surface area contributed by atoms with Crippen molar-refractivity contribution in [3.63, 3.8) is 0 Å². The van der Waals surface area contributed by atoms with Gasteiger partial charge in [-0.1, -0.05) is 30.3 Å². The highest BCUT2D eigenvalue weighted by molar-refractivity contribution is 5.85. The van der Waals surface area contributed by atoms with Crippen molar-refractivity contribution in [2.24, 2.45) is 0 Å². The molecule has 0 aromatic heterocycles. The Bertz CT molecular complexity index is 915. The van der Waals surface area contributed by atoms with Crippen LogP contribution in [0.3, 0.4) is 0 Å². The lowest BCUT2D eigenvalue weighted by Crippen LogP contribution is -2.69. The molecule has 0 fully saturated rings. The Kier molecular flexibility index (Phi) is 7.25. The second kappa shape index (κ2) is 8.44. The number of amides is 1. The van der Waals surface area contributed by atoms with Gasteiger partial charge in [-0.2, -0.15) is 57.1 Å². The monoisotopic (exact) mass is 528 g/mol. The first-order valence-corrected chi connectivity index (χ1v) is 8.13. The van der Waals surface area contributed by atoms with E-state index in [1.165, 1.54) is 0 Å². The maximum absolute atomic E-state index is 15.2. The van der Waals surface area contributed by atoms with E-state index in [2.05, 4.69) is 0 Å². The summed E-state index contributed by atoms with van der Waals surface area (Å²) in [5.41, 5.74) is -7.30. The molecular weight excluding hydrogens is 520 g/mol. The summed E-state index contributed by atoms with van der Waals surface area (Å²) < 4.78 is 187. The number of rotatable bonds is 9. The largest absolute Gasteiger partial charge is 0.544 e. The lowest BCUT2D eigenvalue weighted by atomic mass is 9.83. The highest BCUT2D eigenvalue weighted by Gasteiger charge is 2.81. The zero-order chi connectivity index (χ0) is 27.2. The number of nitrogens with one attached hydrogen (secondary N) is 1. The van der Waals surface area contributed by atoms with Crippen molar-refractivity contribution in [1.29, 1.82) is 0 Å². The van der Waals surface area contributed by atoms with Crippen LogP contribution in [0.1, 0.15) is 5.56 Å². The van der Waals surface area contributed by atoms with Crippen LogP contribution in [0.15, 0.2) is 30.3 Å². The summed E-state index contributed by atoms with van der Waals surface area (Å²) in [6, 6.07) is 2.27. The van der Waals surface area contributed by atoms with E-state index in [9.17, 15) is 71.8 Å². The molecule has 0 aliphatic heterocycles. The van der Waals surface area contributed by atoms with Gasteiger partial charge in [0.15, 0.2) is 0 Å². The van der Waals surface area contributed by atoms with Gasteiger partial charge in [0.05, 0.1) is 6.54 Å². The molecule has 0 radical (unpaired) electrons. The van der Waals surface area contributed by atoms with Crippen molar-refractivity contribution in [1.82, 2.24) is 5.32 Å². The molecule has 1 rings (SSSR count). The minimum atomic E-state index is -7.23. The van der Waals surface area contributed by atoms with E-state index in [4.69, 9.17) is 0 Å². The van der Waals surface area contributed by atoms with E-state index in [-0.39, 0.29) is 17.4 Å². The normalized spacial score (nSPS) is 16.1. The molecule has 1 amide bonds. The number of hydrogen-bond acceptors (Lipinski definition) is 3. The molecule has 1 aromatic carbocycles. The summed E-state index contributed by atoms with van der Waals surface area (Å²) in [5.74, 6) is -43.0. The van der Waals surface area contributed by atoms with Crippen LogP contribution in [0.2, 0.25) is 0 Å². The maximum atomic E-state index is 15.2. The van der Waals surface area contributed by atoms with Crippen molar-refractivity contribution < 1.29 is 76.2 Å². The zero-order valence-electron chi connectivity index (χ0n) is 15.6. The average Bonchev–Trinajstić information content (AvgIpc) is 2.70. The van der Waals surface area contributed by atoms with Gasteiger partial charge in [-0.3, -0.25) is 4.79 Å². The van der Waals surface area contributed by atoms with Crippen molar-refractivity contribution in [2.45, 2.75) is 41.5 Å². The molecule has 0 spiro atoms. The molecule has 0 aliphatic rings. The molecule has 1 unspecified atom stereocenters. The lowest BCUT2D eigenvalue weighted by molar-refractivity contribution is -0.382. The number of benzene rings is 1. The summed E-state index contributed by atoms with van der Waals surface area (Å²) in [7, 11) is 0. The molecule has 18 heteroatoms. The molecular formula is C16H8F14NO3-. The van der Waals surface area contributed by atoms with Gasteiger partial charge in [0.1, 0.15) is 5.97 Å². The minimum absolute atomic E-state index is 0.121. The first-order valence-electron chi connectivity index (χ1n) is 8.13. The third-order valence-corrected chi connectivity index (χ3v) is 4.30. The van der Waals surface area contributed by atoms with Crippen LogP contribution in [0.5, 0.6) is 0 Å². The molecule has 1 N–H and O–H groups in total. The van der Waals surface area contributed by atoms with E-state index in [0.717, 1.165) is 6.07 Å². The Hall–Kier alpha value is -2.82. The number of carboxylic acid groups (broad SMARTS) is 1. The molecule has 0 saturated carbocycles. The second-order valence-electron chi connectivity index (χ2n) is 6.51. The predicted molar refractivity (Wildman–Crippen MR) is 78.0 cm³/mol. The SMILES string of the molecule is O=C(NCC(F)(c1ccccc1)C(F)(F)C(F)(F)C(F)(F)C(=O)[O-])C(F)(F)C(F)(F)C(F)(F)F. The van der Waals surface area contributed by atoms with Crippen molar-refractivity contribution in [2.75, 3.05) is 6.54 Å². The Morgan fingerprint density at radius 1 is 0.676 bits per heavy atom. The van der Waals surface area contributed by atoms with Crippen LogP contribution in [0.4, 0.5) is 61.5 Å². The molecule has 4 nitrogen and oxygen atoms in total. The molecule has 0 saturated heterocycles. The van der Waals surface area contributed by atoms with Crippen LogP contribution in [-0.2, 0) is 15.3 Å². The Labute approximate surface area is 178 Å². The van der Waals surface area contributed by atoms with E-state index >= 15 is 4.39 Å². The fourth-order valence-electron chi connectivity index (χ4n) is 2.30. The Morgan fingerprint density at radius 3 is 1.50 bits per heavy atom. The first kappa shape index (κ1) is 29.2. The predicted octanol–water partition coefficient (Wildman–Crippen LogP) is 3.46. The highest BCUT2D eigenvalue weighted by Crippen LogP contribution is 2.55. The maximum Gasteiger partial charge on any atom is 0.460 e. The fraction of sp³-hybridized carbons (Fsp3) is 0.500. The number of carbonyl (C=O) groups is 2. The number of carbonyl (C=O) groups excluding carboxylic acids is 2. The van der Waals surface area contributed by atoms with E-state index in [1.54, 1.807) is 0 Å². The van der Waals surface area contributed by atoms with Crippen LogP contribution in [0.25, 0.3) is 0 Å². The molecule has 1 atom stereocenters. The quantitative estimate of drug-likeness (QED) is 0.500. The number of halogens is 14. The van der Waals surface area contributed by atoms with Gasteiger partial charge in [0, 0.05) is 0 Å². The standard InChI is InChI=1S/C16H9F14NO3/c17-10(7-4-2-1-3-5-7,13(22,23)14(24,25)12(20,21)9(33)34)6-31-8(32)11(18,19)15(26,27)16(28,29)30/h1-5H,6H2,(H,31,32)(H,33,34)/p-1. The van der Waals surface area contributed by atoms with Gasteiger partial charge in [0.2, 0.25) is 5.67 Å². The van der Waals surface area contributed by atoms with Crippen molar-refractivity contribution in [3.05, 3.63) is 35.9 Å². The van der Waals surface area contributed by atoms with E-state index in [0.29, 0.717) is 12.1 Å². The van der Waals surface area contributed by atoms with Crippen molar-refractivity contribution >= 4 is 11.9 Å². The average molecular weight is 528 g/mol. The lowest BCUT2D eigenvalue weighted by Gasteiger charge is -2.41. The van der Waals surface area contributed by atoms with Crippen LogP contribution < -0.4 is 10.4 Å². The van der Waals surface area contributed by atoms with Crippen LogP contribution in [0, 0.1) is 0 Å². The summed E-state index contributed by atoms with van der Waals surface area (Å²) in [4.78, 5) is 21.4. The highest BCUT2D eigenvalue weighted by atomic mass is 19.4. The number of hydrogen-bond donors (Lipinski definition) is 1. The third kappa shape index (κ3) is 4.21. The molecule has 1 aromatic rings. The van der Waals surface area contributed by atoms with Crippen molar-refractivity contribution in [3.8, 4) is 0 Å². The van der Waals surface area contributed by atoms with Gasteiger partial charge in [0.25, 0.3) is 5.91 Å². The smallest absolute Gasteiger partial charge is 0.460 e. The topological polar surface area (TPSA) is 69.2 Å². The van der Waals surface area contributed by atoms with Gasteiger partial charge in [-0.25, -0.2) is 4.39 Å².